The smallest absolute Gasteiger partial charge is 0.250 e. The third-order valence-electron chi connectivity index (χ3n) is 7.06. The summed E-state index contributed by atoms with van der Waals surface area (Å²) in [5.74, 6) is -0.962. The van der Waals surface area contributed by atoms with Crippen molar-refractivity contribution in [2.24, 2.45) is 11.8 Å². The van der Waals surface area contributed by atoms with E-state index in [0.29, 0.717) is 16.3 Å². The number of likely N-dealkylation sites (tertiary alicyclic amines) is 1. The molecule has 4 aliphatic rings. The molecule has 1 aromatic rings. The summed E-state index contributed by atoms with van der Waals surface area (Å²) in [5, 5.41) is 6.79. The molecule has 154 valence electrons. The SMILES string of the molecule is CSCC[C@@H]1N[C@]2(C(=O)Nc3c(Cl)cccc32)[C@@H]2C(=O)N(C3CCCC3)C(=O)[C@H]12. The van der Waals surface area contributed by atoms with Crippen molar-refractivity contribution in [3.8, 4) is 0 Å². The molecule has 8 heteroatoms. The molecule has 0 unspecified atom stereocenters. The third kappa shape index (κ3) is 2.56. The molecule has 1 aliphatic carbocycles. The van der Waals surface area contributed by atoms with Crippen LogP contribution in [0.2, 0.25) is 5.02 Å². The van der Waals surface area contributed by atoms with Gasteiger partial charge < -0.3 is 5.32 Å². The van der Waals surface area contributed by atoms with E-state index in [4.69, 9.17) is 11.6 Å². The normalized spacial score (nSPS) is 33.7. The van der Waals surface area contributed by atoms with Crippen molar-refractivity contribution in [3.63, 3.8) is 0 Å². The third-order valence-corrected chi connectivity index (χ3v) is 8.02. The van der Waals surface area contributed by atoms with Crippen LogP contribution in [0.15, 0.2) is 18.2 Å². The summed E-state index contributed by atoms with van der Waals surface area (Å²) in [5.41, 5.74) is 0.00946. The fourth-order valence-corrected chi connectivity index (χ4v) is 6.54. The average molecular weight is 434 g/mol. The summed E-state index contributed by atoms with van der Waals surface area (Å²) in [4.78, 5) is 42.0. The number of hydrogen-bond acceptors (Lipinski definition) is 5. The molecule has 0 aromatic heterocycles. The molecule has 4 atom stereocenters. The van der Waals surface area contributed by atoms with Gasteiger partial charge in [-0.2, -0.15) is 11.8 Å². The first-order valence-electron chi connectivity index (χ1n) is 10.2. The molecule has 3 fully saturated rings. The summed E-state index contributed by atoms with van der Waals surface area (Å²) in [6, 6.07) is 5.12. The highest BCUT2D eigenvalue weighted by Crippen LogP contribution is 2.55. The van der Waals surface area contributed by atoms with Crippen molar-refractivity contribution in [1.29, 1.82) is 0 Å². The minimum atomic E-state index is -1.23. The molecule has 2 N–H and O–H groups in total. The number of anilines is 1. The van der Waals surface area contributed by atoms with Crippen molar-refractivity contribution >= 4 is 46.8 Å². The Bertz CT molecular complexity index is 903. The molecule has 1 aromatic carbocycles. The van der Waals surface area contributed by atoms with Crippen LogP contribution in [0.25, 0.3) is 0 Å². The summed E-state index contributed by atoms with van der Waals surface area (Å²) < 4.78 is 0. The molecule has 1 saturated carbocycles. The zero-order valence-electron chi connectivity index (χ0n) is 16.2. The molecular weight excluding hydrogens is 410 g/mol. The molecule has 5 rings (SSSR count). The van der Waals surface area contributed by atoms with E-state index in [9.17, 15) is 14.4 Å². The van der Waals surface area contributed by atoms with Gasteiger partial charge in [0.1, 0.15) is 5.54 Å². The predicted molar refractivity (Wildman–Crippen MR) is 113 cm³/mol. The van der Waals surface area contributed by atoms with E-state index in [1.54, 1.807) is 23.9 Å². The second-order valence-corrected chi connectivity index (χ2v) is 9.84. The molecule has 0 bridgehead atoms. The molecule has 29 heavy (non-hydrogen) atoms. The summed E-state index contributed by atoms with van der Waals surface area (Å²) in [7, 11) is 0. The molecule has 6 nitrogen and oxygen atoms in total. The fraction of sp³-hybridized carbons (Fsp3) is 0.571. The van der Waals surface area contributed by atoms with Gasteiger partial charge in [0.2, 0.25) is 17.7 Å². The topological polar surface area (TPSA) is 78.5 Å². The number of carbonyl (C=O) groups excluding carboxylic acids is 3. The Hall–Kier alpha value is -1.57. The summed E-state index contributed by atoms with van der Waals surface area (Å²) in [6.07, 6.45) is 6.55. The van der Waals surface area contributed by atoms with Crippen LogP contribution in [0.4, 0.5) is 5.69 Å². The average Bonchev–Trinajstić information content (AvgIpc) is 3.44. The summed E-state index contributed by atoms with van der Waals surface area (Å²) in [6.45, 7) is 0. The van der Waals surface area contributed by atoms with Crippen LogP contribution in [0.3, 0.4) is 0 Å². The van der Waals surface area contributed by atoms with Gasteiger partial charge in [-0.3, -0.25) is 24.6 Å². The van der Waals surface area contributed by atoms with Crippen LogP contribution in [0.5, 0.6) is 0 Å². The van der Waals surface area contributed by atoms with Gasteiger partial charge in [0, 0.05) is 17.6 Å². The first-order valence-corrected chi connectivity index (χ1v) is 12.0. The van der Waals surface area contributed by atoms with E-state index in [2.05, 4.69) is 10.6 Å². The quantitative estimate of drug-likeness (QED) is 0.714. The lowest BCUT2D eigenvalue weighted by molar-refractivity contribution is -0.145. The molecule has 2 saturated heterocycles. The van der Waals surface area contributed by atoms with Crippen molar-refractivity contribution in [3.05, 3.63) is 28.8 Å². The number of para-hydroxylation sites is 1. The zero-order valence-corrected chi connectivity index (χ0v) is 17.8. The molecule has 3 heterocycles. The maximum atomic E-state index is 13.7. The largest absolute Gasteiger partial charge is 0.323 e. The molecule has 0 radical (unpaired) electrons. The van der Waals surface area contributed by atoms with E-state index in [1.807, 2.05) is 12.3 Å². The van der Waals surface area contributed by atoms with Crippen molar-refractivity contribution in [2.45, 2.75) is 49.7 Å². The first-order chi connectivity index (χ1) is 14.0. The van der Waals surface area contributed by atoms with Crippen LogP contribution < -0.4 is 10.6 Å². The Kier molecular flexibility index (Phi) is 4.68. The highest BCUT2D eigenvalue weighted by atomic mass is 35.5. The number of carbonyl (C=O) groups is 3. The first kappa shape index (κ1) is 19.4. The van der Waals surface area contributed by atoms with Gasteiger partial charge >= 0.3 is 0 Å². The van der Waals surface area contributed by atoms with Crippen LogP contribution >= 0.6 is 23.4 Å². The van der Waals surface area contributed by atoms with Gasteiger partial charge in [0.15, 0.2) is 0 Å². The van der Waals surface area contributed by atoms with Gasteiger partial charge in [-0.25, -0.2) is 0 Å². The van der Waals surface area contributed by atoms with Crippen molar-refractivity contribution in [1.82, 2.24) is 10.2 Å². The van der Waals surface area contributed by atoms with Crippen LogP contribution in [-0.2, 0) is 19.9 Å². The van der Waals surface area contributed by atoms with Gasteiger partial charge in [-0.15, -0.1) is 0 Å². The lowest BCUT2D eigenvalue weighted by Crippen LogP contribution is -2.54. The minimum absolute atomic E-state index is 0.0258. The van der Waals surface area contributed by atoms with Crippen LogP contribution in [0, 0.1) is 11.8 Å². The Morgan fingerprint density at radius 1 is 1.21 bits per heavy atom. The van der Waals surface area contributed by atoms with E-state index in [-0.39, 0.29) is 29.8 Å². The number of halogens is 1. The standard InChI is InChI=1S/C21H24ClN3O3S/c1-29-10-9-14-15-16(19(27)25(18(15)26)11-5-2-3-6-11)21(24-14)12-7-4-8-13(22)17(12)23-20(21)28/h4,7-8,11,14-16,24H,2-3,5-6,9-10H2,1H3,(H,23,28)/t14-,15+,16-,21-/m0/s1. The Balaban J connectivity index is 1.63. The van der Waals surface area contributed by atoms with E-state index < -0.39 is 17.4 Å². The van der Waals surface area contributed by atoms with E-state index in [1.165, 1.54) is 4.90 Å². The fourth-order valence-electron chi connectivity index (χ4n) is 5.83. The lowest BCUT2D eigenvalue weighted by atomic mass is 9.76. The number of amides is 3. The monoisotopic (exact) mass is 433 g/mol. The Morgan fingerprint density at radius 2 is 1.97 bits per heavy atom. The lowest BCUT2D eigenvalue weighted by Gasteiger charge is -2.31. The maximum absolute atomic E-state index is 13.7. The Morgan fingerprint density at radius 3 is 2.69 bits per heavy atom. The highest BCUT2D eigenvalue weighted by Gasteiger charge is 2.70. The second-order valence-electron chi connectivity index (χ2n) is 8.45. The number of rotatable bonds is 4. The number of nitrogens with zero attached hydrogens (tertiary/aromatic N) is 1. The van der Waals surface area contributed by atoms with E-state index in [0.717, 1.165) is 37.9 Å². The summed E-state index contributed by atoms with van der Waals surface area (Å²) >= 11 is 8.05. The van der Waals surface area contributed by atoms with Crippen LogP contribution in [-0.4, -0.2) is 46.7 Å². The zero-order chi connectivity index (χ0) is 20.3. The predicted octanol–water partition coefficient (Wildman–Crippen LogP) is 2.76. The molecule has 1 spiro atoms. The Labute approximate surface area is 179 Å². The minimum Gasteiger partial charge on any atom is -0.323 e. The van der Waals surface area contributed by atoms with Gasteiger partial charge in [-0.05, 0) is 37.3 Å². The number of thioether (sulfide) groups is 1. The van der Waals surface area contributed by atoms with Gasteiger partial charge in [-0.1, -0.05) is 36.6 Å². The van der Waals surface area contributed by atoms with Gasteiger partial charge in [0.05, 0.1) is 22.5 Å². The van der Waals surface area contributed by atoms with Gasteiger partial charge in [0.25, 0.3) is 0 Å². The number of benzene rings is 1. The maximum Gasteiger partial charge on any atom is 0.250 e. The second kappa shape index (κ2) is 7.00. The molecule has 3 amide bonds. The van der Waals surface area contributed by atoms with Crippen LogP contribution in [0.1, 0.15) is 37.7 Å². The molecular formula is C21H24ClN3O3S. The number of nitrogens with one attached hydrogen (secondary N) is 2. The number of imide groups is 1. The highest BCUT2D eigenvalue weighted by molar-refractivity contribution is 7.98. The van der Waals surface area contributed by atoms with E-state index >= 15 is 0 Å². The molecule has 3 aliphatic heterocycles. The van der Waals surface area contributed by atoms with Crippen molar-refractivity contribution < 1.29 is 14.4 Å². The number of hydrogen-bond donors (Lipinski definition) is 2. The van der Waals surface area contributed by atoms with Crippen molar-refractivity contribution in [2.75, 3.05) is 17.3 Å². The number of fused-ring (bicyclic) bond motifs is 4.